The third-order valence-electron chi connectivity index (χ3n) is 5.21. The van der Waals surface area contributed by atoms with E-state index < -0.39 is 0 Å². The second kappa shape index (κ2) is 5.84. The number of aryl methyl sites for hydroxylation is 1. The molecule has 122 valence electrons. The molecule has 0 amide bonds. The maximum Gasteiger partial charge on any atom is 0.123 e. The molecule has 2 aliphatic rings. The van der Waals surface area contributed by atoms with Crippen LogP contribution in [0.25, 0.3) is 0 Å². The van der Waals surface area contributed by atoms with Crippen molar-refractivity contribution < 1.29 is 9.47 Å². The fourth-order valence-corrected chi connectivity index (χ4v) is 5.16. The number of nitrogens with zero attached hydrogens (tertiary/aromatic N) is 1. The molecule has 0 saturated carbocycles. The molecule has 4 rings (SSSR count). The summed E-state index contributed by atoms with van der Waals surface area (Å²) in [5.74, 6) is 1.99. The topological polar surface area (TPSA) is 21.7 Å². The number of thiophene rings is 1. The van der Waals surface area contributed by atoms with E-state index >= 15 is 0 Å². The quantitative estimate of drug-likeness (QED) is 0.850. The standard InChI is InChI=1S/C19H23NO2S/c1-4-12-9-14-16-10-13-15(11-20(16)8-7-19(14)23-12)18(22-3)6-5-17(13)21-2/h5-6,9,16H,4,7-8,10-11H2,1-3H3. The van der Waals surface area contributed by atoms with Crippen LogP contribution in [0.1, 0.15) is 39.4 Å². The molecule has 1 unspecified atom stereocenters. The summed E-state index contributed by atoms with van der Waals surface area (Å²) < 4.78 is 11.2. The molecule has 1 aromatic heterocycles. The van der Waals surface area contributed by atoms with E-state index in [-0.39, 0.29) is 0 Å². The number of fused-ring (bicyclic) bond motifs is 4. The fourth-order valence-electron chi connectivity index (χ4n) is 4.00. The molecule has 1 aromatic carbocycles. The van der Waals surface area contributed by atoms with Gasteiger partial charge in [-0.1, -0.05) is 6.92 Å². The lowest BCUT2D eigenvalue weighted by atomic mass is 9.86. The molecule has 0 radical (unpaired) electrons. The maximum absolute atomic E-state index is 5.63. The zero-order valence-electron chi connectivity index (χ0n) is 14.0. The molecule has 0 bridgehead atoms. The Morgan fingerprint density at radius 1 is 1.17 bits per heavy atom. The number of ether oxygens (including phenoxy) is 2. The van der Waals surface area contributed by atoms with E-state index in [0.29, 0.717) is 6.04 Å². The summed E-state index contributed by atoms with van der Waals surface area (Å²) in [5.41, 5.74) is 4.18. The molecule has 4 heteroatoms. The van der Waals surface area contributed by atoms with E-state index in [4.69, 9.17) is 9.47 Å². The SMILES string of the molecule is CCc1cc2c(s1)CCN1Cc3c(OC)ccc(OC)c3CC21. The summed E-state index contributed by atoms with van der Waals surface area (Å²) in [5, 5.41) is 0. The van der Waals surface area contributed by atoms with Gasteiger partial charge in [-0.25, -0.2) is 0 Å². The van der Waals surface area contributed by atoms with Gasteiger partial charge in [0.15, 0.2) is 0 Å². The van der Waals surface area contributed by atoms with Crippen molar-refractivity contribution in [3.63, 3.8) is 0 Å². The second-order valence-corrected chi connectivity index (χ2v) is 7.53. The van der Waals surface area contributed by atoms with E-state index in [1.54, 1.807) is 24.7 Å². The van der Waals surface area contributed by atoms with Crippen LogP contribution >= 0.6 is 11.3 Å². The zero-order valence-corrected chi connectivity index (χ0v) is 14.8. The third kappa shape index (κ3) is 2.36. The minimum atomic E-state index is 0.490. The first kappa shape index (κ1) is 15.0. The van der Waals surface area contributed by atoms with E-state index in [1.165, 1.54) is 22.4 Å². The molecule has 0 aliphatic carbocycles. The average Bonchev–Trinajstić information content (AvgIpc) is 3.03. The predicted molar refractivity (Wildman–Crippen MR) is 93.8 cm³/mol. The first-order valence-corrected chi connectivity index (χ1v) is 9.15. The summed E-state index contributed by atoms with van der Waals surface area (Å²) in [6.45, 7) is 4.34. The van der Waals surface area contributed by atoms with Gasteiger partial charge in [0.05, 0.1) is 14.2 Å². The van der Waals surface area contributed by atoms with Crippen molar-refractivity contribution >= 4 is 11.3 Å². The summed E-state index contributed by atoms with van der Waals surface area (Å²) >= 11 is 2.01. The number of methoxy groups -OCH3 is 2. The Bertz CT molecular complexity index is 737. The monoisotopic (exact) mass is 329 g/mol. The van der Waals surface area contributed by atoms with Gasteiger partial charge in [-0.3, -0.25) is 4.90 Å². The van der Waals surface area contributed by atoms with Crippen LogP contribution in [-0.4, -0.2) is 25.7 Å². The highest BCUT2D eigenvalue weighted by atomic mass is 32.1. The molecule has 3 heterocycles. The van der Waals surface area contributed by atoms with Crippen LogP contribution in [0.5, 0.6) is 11.5 Å². The normalized spacial score (nSPS) is 19.7. The molecular weight excluding hydrogens is 306 g/mol. The van der Waals surface area contributed by atoms with Crippen molar-refractivity contribution in [2.45, 2.75) is 38.8 Å². The maximum atomic E-state index is 5.63. The van der Waals surface area contributed by atoms with Gasteiger partial charge in [0.1, 0.15) is 11.5 Å². The van der Waals surface area contributed by atoms with Crippen molar-refractivity contribution in [1.82, 2.24) is 4.90 Å². The van der Waals surface area contributed by atoms with Gasteiger partial charge >= 0.3 is 0 Å². The Balaban J connectivity index is 1.78. The largest absolute Gasteiger partial charge is 0.496 e. The zero-order chi connectivity index (χ0) is 16.0. The molecule has 3 nitrogen and oxygen atoms in total. The van der Waals surface area contributed by atoms with Crippen LogP contribution in [-0.2, 0) is 25.8 Å². The van der Waals surface area contributed by atoms with Crippen molar-refractivity contribution in [2.24, 2.45) is 0 Å². The van der Waals surface area contributed by atoms with E-state index in [2.05, 4.69) is 17.9 Å². The van der Waals surface area contributed by atoms with Gasteiger partial charge < -0.3 is 9.47 Å². The Hall–Kier alpha value is -1.52. The van der Waals surface area contributed by atoms with E-state index in [1.807, 2.05) is 23.5 Å². The lowest BCUT2D eigenvalue weighted by molar-refractivity contribution is 0.158. The van der Waals surface area contributed by atoms with Crippen molar-refractivity contribution in [3.05, 3.63) is 44.6 Å². The Labute approximate surface area is 141 Å². The summed E-state index contributed by atoms with van der Waals surface area (Å²) in [6, 6.07) is 7.01. The van der Waals surface area contributed by atoms with Crippen LogP contribution < -0.4 is 9.47 Å². The second-order valence-electron chi connectivity index (χ2n) is 6.31. The lowest BCUT2D eigenvalue weighted by Gasteiger charge is -2.41. The third-order valence-corrected chi connectivity index (χ3v) is 6.57. The van der Waals surface area contributed by atoms with E-state index in [0.717, 1.165) is 37.4 Å². The lowest BCUT2D eigenvalue weighted by Crippen LogP contribution is -2.39. The van der Waals surface area contributed by atoms with Crippen LogP contribution in [0.2, 0.25) is 0 Å². The Morgan fingerprint density at radius 2 is 1.91 bits per heavy atom. The van der Waals surface area contributed by atoms with Gasteiger partial charge in [-0.2, -0.15) is 0 Å². The molecule has 1 atom stereocenters. The molecular formula is C19H23NO2S. The Kier molecular flexibility index (Phi) is 3.82. The smallest absolute Gasteiger partial charge is 0.123 e. The van der Waals surface area contributed by atoms with Crippen LogP contribution in [0.15, 0.2) is 18.2 Å². The fraction of sp³-hybridized carbons (Fsp3) is 0.474. The van der Waals surface area contributed by atoms with Crippen molar-refractivity contribution in [1.29, 1.82) is 0 Å². The highest BCUT2D eigenvalue weighted by molar-refractivity contribution is 7.12. The molecule has 0 fully saturated rings. The van der Waals surface area contributed by atoms with E-state index in [9.17, 15) is 0 Å². The predicted octanol–water partition coefficient (Wildman–Crippen LogP) is 3.98. The van der Waals surface area contributed by atoms with Gasteiger partial charge in [-0.05, 0) is 43.0 Å². The first-order chi connectivity index (χ1) is 11.2. The number of hydrogen-bond acceptors (Lipinski definition) is 4. The van der Waals surface area contributed by atoms with Crippen LogP contribution in [0.3, 0.4) is 0 Å². The van der Waals surface area contributed by atoms with Gasteiger partial charge in [-0.15, -0.1) is 11.3 Å². The van der Waals surface area contributed by atoms with Gasteiger partial charge in [0.25, 0.3) is 0 Å². The molecule has 0 spiro atoms. The van der Waals surface area contributed by atoms with Crippen molar-refractivity contribution in [2.75, 3.05) is 20.8 Å². The molecule has 2 aromatic rings. The highest BCUT2D eigenvalue weighted by Crippen LogP contribution is 2.45. The average molecular weight is 329 g/mol. The highest BCUT2D eigenvalue weighted by Gasteiger charge is 2.35. The summed E-state index contributed by atoms with van der Waals surface area (Å²) in [7, 11) is 3.52. The minimum absolute atomic E-state index is 0.490. The van der Waals surface area contributed by atoms with Gasteiger partial charge in [0.2, 0.25) is 0 Å². The number of benzene rings is 1. The molecule has 2 aliphatic heterocycles. The number of hydrogen-bond donors (Lipinski definition) is 0. The van der Waals surface area contributed by atoms with Crippen LogP contribution in [0, 0.1) is 0 Å². The minimum Gasteiger partial charge on any atom is -0.496 e. The van der Waals surface area contributed by atoms with Gasteiger partial charge in [0, 0.05) is 40.0 Å². The summed E-state index contributed by atoms with van der Waals surface area (Å²) in [4.78, 5) is 5.72. The molecule has 0 N–H and O–H groups in total. The Morgan fingerprint density at radius 3 is 2.61 bits per heavy atom. The summed E-state index contributed by atoms with van der Waals surface area (Å²) in [6.07, 6.45) is 3.33. The first-order valence-electron chi connectivity index (χ1n) is 8.33. The van der Waals surface area contributed by atoms with Crippen LogP contribution in [0.4, 0.5) is 0 Å². The number of rotatable bonds is 3. The molecule has 0 saturated heterocycles. The van der Waals surface area contributed by atoms with Crippen molar-refractivity contribution in [3.8, 4) is 11.5 Å². The molecule has 23 heavy (non-hydrogen) atoms.